The minimum Gasteiger partial charge on any atom is -0.408 e. The van der Waals surface area contributed by atoms with Gasteiger partial charge in [-0.25, -0.2) is 4.79 Å². The van der Waals surface area contributed by atoms with Gasteiger partial charge in [0.2, 0.25) is 5.91 Å². The summed E-state index contributed by atoms with van der Waals surface area (Å²) in [4.78, 5) is 29.2. The molecular weight excluding hydrogens is 612 g/mol. The fourth-order valence-corrected chi connectivity index (χ4v) is 10.7. The molecule has 5 atom stereocenters. The van der Waals surface area contributed by atoms with E-state index in [9.17, 15) is 14.2 Å². The lowest BCUT2D eigenvalue weighted by molar-refractivity contribution is -0.114. The van der Waals surface area contributed by atoms with Crippen LogP contribution in [-0.2, 0) is 22.9 Å². The maximum absolute atomic E-state index is 14.7. The van der Waals surface area contributed by atoms with E-state index < -0.39 is 59.8 Å². The van der Waals surface area contributed by atoms with Crippen LogP contribution in [0, 0.1) is 0 Å². The summed E-state index contributed by atoms with van der Waals surface area (Å²) in [6, 6.07) is 1.57. The maximum atomic E-state index is 14.7. The third kappa shape index (κ3) is 9.23. The van der Waals surface area contributed by atoms with Gasteiger partial charge in [0.05, 0.1) is 5.78 Å². The Bertz CT molecular complexity index is 1210. The molecule has 2 heterocycles. The van der Waals surface area contributed by atoms with E-state index in [2.05, 4.69) is 91.9 Å². The second-order valence-electron chi connectivity index (χ2n) is 15.5. The molecule has 0 bridgehead atoms. The third-order valence-electron chi connectivity index (χ3n) is 9.77. The number of rotatable bonds is 14. The molecule has 44 heavy (non-hydrogen) atoms. The number of carbonyl (C=O) groups is 1. The Balaban J connectivity index is 2.81. The van der Waals surface area contributed by atoms with Gasteiger partial charge < -0.3 is 29.2 Å². The van der Waals surface area contributed by atoms with Gasteiger partial charge in [-0.3, -0.25) is 9.36 Å². The van der Waals surface area contributed by atoms with Crippen LogP contribution in [0.5, 0.6) is 0 Å². The number of hydrogen-bond acceptors (Lipinski definition) is 8. The van der Waals surface area contributed by atoms with Crippen LogP contribution in [0.15, 0.2) is 17.1 Å². The summed E-state index contributed by atoms with van der Waals surface area (Å²) >= 11 is 0. The van der Waals surface area contributed by atoms with Gasteiger partial charge in [-0.15, -0.1) is 0 Å². The Morgan fingerprint density at radius 1 is 1.02 bits per heavy atom. The number of nitrogens with two attached hydrogens (primary N) is 1. The quantitative estimate of drug-likeness (QED) is 0.158. The minimum absolute atomic E-state index is 0.131. The molecule has 1 aromatic rings. The molecule has 3 N–H and O–H groups in total. The van der Waals surface area contributed by atoms with E-state index in [0.29, 0.717) is 12.3 Å². The third-order valence-corrected chi connectivity index (χ3v) is 22.2. The van der Waals surface area contributed by atoms with Crippen molar-refractivity contribution in [2.45, 2.75) is 155 Å². The van der Waals surface area contributed by atoms with Crippen LogP contribution < -0.4 is 16.7 Å². The van der Waals surface area contributed by atoms with Gasteiger partial charge in [0, 0.05) is 25.4 Å². The Labute approximate surface area is 268 Å². The maximum Gasteiger partial charge on any atom is 0.351 e. The fraction of sp³-hybridized carbons (Fsp3) is 0.839. The number of nitrogens with zero attached hydrogens (tertiary/aromatic N) is 2. The molecule has 1 amide bonds. The predicted molar refractivity (Wildman–Crippen MR) is 186 cm³/mol. The molecule has 1 saturated heterocycles. The summed E-state index contributed by atoms with van der Waals surface area (Å²) in [5, 5.41) is 2.30. The van der Waals surface area contributed by atoms with Crippen LogP contribution in [0.4, 0.5) is 5.82 Å². The highest BCUT2D eigenvalue weighted by molar-refractivity contribution is 7.64. The first-order valence-electron chi connectivity index (χ1n) is 16.2. The van der Waals surface area contributed by atoms with Crippen LogP contribution in [0.25, 0.3) is 0 Å². The van der Waals surface area contributed by atoms with Gasteiger partial charge in [-0.1, -0.05) is 68.2 Å². The van der Waals surface area contributed by atoms with Crippen LogP contribution in [0.2, 0.25) is 36.3 Å². The van der Waals surface area contributed by atoms with Gasteiger partial charge in [-0.2, -0.15) is 4.98 Å². The summed E-state index contributed by atoms with van der Waals surface area (Å²) in [5.41, 5.74) is 6.49. The highest BCUT2D eigenvalue weighted by Crippen LogP contribution is 2.55. The lowest BCUT2D eigenvalue weighted by atomic mass is 10.1. The van der Waals surface area contributed by atoms with Gasteiger partial charge in [-0.05, 0) is 55.2 Å². The Morgan fingerprint density at radius 2 is 1.50 bits per heavy atom. The second-order valence-corrected chi connectivity index (χ2v) is 28.4. The highest BCUT2D eigenvalue weighted by Gasteiger charge is 2.57. The molecule has 1 aliphatic heterocycles. The van der Waals surface area contributed by atoms with Crippen molar-refractivity contribution in [1.82, 2.24) is 9.55 Å². The lowest BCUT2D eigenvalue weighted by Crippen LogP contribution is -2.56. The zero-order chi connectivity index (χ0) is 33.9. The topological polar surface area (TPSA) is 135 Å². The first-order chi connectivity index (χ1) is 20.0. The van der Waals surface area contributed by atoms with Crippen LogP contribution >= 0.6 is 7.14 Å². The molecule has 0 aliphatic carbocycles. The van der Waals surface area contributed by atoms with Crippen LogP contribution in [-0.4, -0.2) is 68.5 Å². The number of amides is 1. The lowest BCUT2D eigenvalue weighted by Gasteiger charge is -2.44. The molecule has 1 aromatic heterocycles. The zero-order valence-corrected chi connectivity index (χ0v) is 32.5. The summed E-state index contributed by atoms with van der Waals surface area (Å²) in [6.07, 6.45) is 3.11. The van der Waals surface area contributed by atoms with Crippen LogP contribution in [0.1, 0.15) is 94.2 Å². The van der Waals surface area contributed by atoms with E-state index in [4.69, 9.17) is 19.3 Å². The average Bonchev–Trinajstić information content (AvgIpc) is 3.20. The number of ether oxygens (including phenoxy) is 1. The summed E-state index contributed by atoms with van der Waals surface area (Å²) in [5.74, 6) is -0.951. The molecule has 13 heteroatoms. The monoisotopic (exact) mass is 672 g/mol. The number of hydrogen-bond donors (Lipinski definition) is 2. The molecular formula is C31H61N4O6PSi2. The van der Waals surface area contributed by atoms with Crippen molar-refractivity contribution >= 4 is 35.5 Å². The van der Waals surface area contributed by atoms with E-state index >= 15 is 0 Å². The normalized spacial score (nSPS) is 22.7. The fourth-order valence-electron chi connectivity index (χ4n) is 4.84. The van der Waals surface area contributed by atoms with Crippen molar-refractivity contribution in [3.63, 3.8) is 0 Å². The number of aromatic nitrogens is 2. The van der Waals surface area contributed by atoms with Crippen molar-refractivity contribution < 1.29 is 22.9 Å². The SMILES string of the molecule is CCCCP(=O)(CCCC)[C@H](N)[C@H]1O[C@@H](n2ccc(NC(C)=O)nc2=O)[C@H](O[Si](C)(C)C(C)(C)C)[C@@H]1O[Si](C)(C)C(C)(C)C. The molecule has 0 spiro atoms. The van der Waals surface area contributed by atoms with Crippen molar-refractivity contribution in [2.75, 3.05) is 17.6 Å². The molecule has 254 valence electrons. The molecule has 2 rings (SSSR count). The van der Waals surface area contributed by atoms with Gasteiger partial charge in [0.25, 0.3) is 0 Å². The number of unbranched alkanes of at least 4 members (excludes halogenated alkanes) is 2. The molecule has 0 saturated carbocycles. The van der Waals surface area contributed by atoms with E-state index in [1.165, 1.54) is 11.5 Å². The van der Waals surface area contributed by atoms with E-state index in [0.717, 1.165) is 25.7 Å². The largest absolute Gasteiger partial charge is 0.408 e. The van der Waals surface area contributed by atoms with Gasteiger partial charge >= 0.3 is 5.69 Å². The number of nitrogens with one attached hydrogen (secondary N) is 1. The van der Waals surface area contributed by atoms with E-state index in [1.807, 2.05) is 0 Å². The predicted octanol–water partition coefficient (Wildman–Crippen LogP) is 7.13. The molecule has 10 nitrogen and oxygen atoms in total. The molecule has 0 aromatic carbocycles. The molecule has 1 fully saturated rings. The first kappa shape index (κ1) is 39.0. The van der Waals surface area contributed by atoms with Crippen molar-refractivity contribution in [2.24, 2.45) is 5.73 Å². The van der Waals surface area contributed by atoms with E-state index in [1.54, 1.807) is 12.3 Å². The van der Waals surface area contributed by atoms with Gasteiger partial charge in [0.1, 0.15) is 31.3 Å². The number of anilines is 1. The summed E-state index contributed by atoms with van der Waals surface area (Å²) in [7, 11) is -7.81. The van der Waals surface area contributed by atoms with Gasteiger partial charge in [0.15, 0.2) is 22.9 Å². The molecule has 0 radical (unpaired) electrons. The van der Waals surface area contributed by atoms with E-state index in [-0.39, 0.29) is 21.8 Å². The molecule has 1 aliphatic rings. The van der Waals surface area contributed by atoms with Crippen molar-refractivity contribution in [1.29, 1.82) is 0 Å². The standard InChI is InChI=1S/C31H61N4O6PSi2/c1-14-16-20-42(38,21-17-15-2)27(32)25-24(40-43(10,11)30(4,5)6)26(41-44(12,13)31(7,8)9)28(39-25)35-19-18-23(33-22(3)36)34-29(35)37/h18-19,24-28H,14-17,20-21,32H2,1-13H3,(H,33,34,36,37)/t24-,25+,26-,27+,28-/m1/s1. The first-order valence-corrected chi connectivity index (χ1v) is 24.2. The molecule has 0 unspecified atom stereocenters. The Hall–Kier alpha value is -1.15. The Morgan fingerprint density at radius 3 is 1.91 bits per heavy atom. The average molecular weight is 673 g/mol. The van der Waals surface area contributed by atoms with Crippen LogP contribution in [0.3, 0.4) is 0 Å². The summed E-state index contributed by atoms with van der Waals surface area (Å²) < 4.78 is 37.2. The second kappa shape index (κ2) is 14.7. The van der Waals surface area contributed by atoms with Crippen molar-refractivity contribution in [3.8, 4) is 0 Å². The smallest absolute Gasteiger partial charge is 0.351 e. The minimum atomic E-state index is -2.91. The summed E-state index contributed by atoms with van der Waals surface area (Å²) in [6.45, 7) is 27.2. The van der Waals surface area contributed by atoms with Crippen molar-refractivity contribution in [3.05, 3.63) is 22.7 Å². The zero-order valence-electron chi connectivity index (χ0n) is 29.7. The highest BCUT2D eigenvalue weighted by atomic mass is 31.2. The number of carbonyl (C=O) groups excluding carboxylic acids is 1. The Kier molecular flexibility index (Phi) is 13.1.